The number of nitrogens with zero attached hydrogens (tertiary/aromatic N) is 2. The van der Waals surface area contributed by atoms with Crippen LogP contribution in [0.1, 0.15) is 16.8 Å². The van der Waals surface area contributed by atoms with Crippen molar-refractivity contribution in [2.45, 2.75) is 18.5 Å². The fraction of sp³-hybridized carbons (Fsp3) is 0.381. The quantitative estimate of drug-likeness (QED) is 0.606. The van der Waals surface area contributed by atoms with Crippen molar-refractivity contribution in [3.05, 3.63) is 40.2 Å². The molecule has 1 amide bonds. The van der Waals surface area contributed by atoms with Gasteiger partial charge < -0.3 is 20.1 Å². The SMILES string of the molecule is N#CC1CC2C(=O)N(CCOc3ccc(Cl)cc3-c3cc(C(=O)O)cs3)CNC2CN1. The molecule has 0 spiro atoms. The fourth-order valence-corrected chi connectivity index (χ4v) is 4.98. The molecule has 162 valence electrons. The normalized spacial score (nSPS) is 23.2. The summed E-state index contributed by atoms with van der Waals surface area (Å²) in [4.78, 5) is 26.5. The number of hydrogen-bond acceptors (Lipinski definition) is 7. The Labute approximate surface area is 188 Å². The van der Waals surface area contributed by atoms with E-state index in [1.165, 1.54) is 11.3 Å². The van der Waals surface area contributed by atoms with Crippen LogP contribution in [0.3, 0.4) is 0 Å². The smallest absolute Gasteiger partial charge is 0.336 e. The minimum absolute atomic E-state index is 0.0368. The molecule has 2 saturated heterocycles. The molecule has 0 aliphatic carbocycles. The molecule has 8 nitrogen and oxygen atoms in total. The van der Waals surface area contributed by atoms with Crippen LogP contribution in [0.5, 0.6) is 5.75 Å². The molecule has 3 atom stereocenters. The molecule has 2 aliphatic heterocycles. The Hall–Kier alpha value is -2.64. The maximum atomic E-state index is 12.9. The number of aromatic carboxylic acids is 1. The number of benzene rings is 1. The van der Waals surface area contributed by atoms with Crippen LogP contribution in [0.4, 0.5) is 0 Å². The van der Waals surface area contributed by atoms with E-state index in [0.29, 0.717) is 42.5 Å². The summed E-state index contributed by atoms with van der Waals surface area (Å²) in [5, 5.41) is 26.9. The molecule has 4 rings (SSSR count). The zero-order chi connectivity index (χ0) is 22.0. The molecule has 0 saturated carbocycles. The van der Waals surface area contributed by atoms with E-state index in [1.54, 1.807) is 34.5 Å². The van der Waals surface area contributed by atoms with Crippen molar-refractivity contribution in [1.29, 1.82) is 5.26 Å². The number of carbonyl (C=O) groups excluding carboxylic acids is 1. The molecule has 2 aromatic rings. The zero-order valence-corrected chi connectivity index (χ0v) is 18.1. The predicted octanol–water partition coefficient (Wildman–Crippen LogP) is 2.41. The number of carbonyl (C=O) groups is 2. The van der Waals surface area contributed by atoms with Gasteiger partial charge in [0.1, 0.15) is 12.4 Å². The summed E-state index contributed by atoms with van der Waals surface area (Å²) in [5.74, 6) is -0.594. The third-order valence-electron chi connectivity index (χ3n) is 5.56. The molecular weight excluding hydrogens is 440 g/mol. The first-order chi connectivity index (χ1) is 15.0. The number of amides is 1. The molecule has 1 aromatic heterocycles. The topological polar surface area (TPSA) is 115 Å². The molecule has 2 fully saturated rings. The number of nitrogens with one attached hydrogen (secondary N) is 2. The van der Waals surface area contributed by atoms with Crippen LogP contribution in [0.25, 0.3) is 10.4 Å². The molecule has 31 heavy (non-hydrogen) atoms. The summed E-state index contributed by atoms with van der Waals surface area (Å²) < 4.78 is 5.96. The first-order valence-corrected chi connectivity index (χ1v) is 11.1. The van der Waals surface area contributed by atoms with Crippen LogP contribution >= 0.6 is 22.9 Å². The number of ether oxygens (including phenoxy) is 1. The molecule has 3 unspecified atom stereocenters. The molecule has 2 aliphatic rings. The van der Waals surface area contributed by atoms with Gasteiger partial charge in [0.05, 0.1) is 36.8 Å². The van der Waals surface area contributed by atoms with Gasteiger partial charge in [-0.15, -0.1) is 11.3 Å². The number of hydrogen-bond donors (Lipinski definition) is 3. The van der Waals surface area contributed by atoms with E-state index in [2.05, 4.69) is 16.7 Å². The van der Waals surface area contributed by atoms with Gasteiger partial charge in [-0.25, -0.2) is 4.79 Å². The van der Waals surface area contributed by atoms with Crippen LogP contribution < -0.4 is 15.4 Å². The van der Waals surface area contributed by atoms with E-state index in [4.69, 9.17) is 21.6 Å². The van der Waals surface area contributed by atoms with Crippen LogP contribution in [0, 0.1) is 17.2 Å². The van der Waals surface area contributed by atoms with Crippen LogP contribution in [0.15, 0.2) is 29.6 Å². The van der Waals surface area contributed by atoms with E-state index in [1.807, 2.05) is 0 Å². The van der Waals surface area contributed by atoms with Crippen molar-refractivity contribution in [1.82, 2.24) is 15.5 Å². The highest BCUT2D eigenvalue weighted by atomic mass is 35.5. The highest BCUT2D eigenvalue weighted by Gasteiger charge is 2.40. The van der Waals surface area contributed by atoms with E-state index in [-0.39, 0.29) is 36.1 Å². The summed E-state index contributed by atoms with van der Waals surface area (Å²) in [5.41, 5.74) is 0.923. The standard InChI is InChI=1S/C21H21ClN4O4S/c22-13-1-2-18(16(6-13)19-5-12(10-31-19)21(28)29)30-4-3-26-11-25-17-9-24-14(8-23)7-15(17)20(26)27/h1-2,5-6,10,14-15,17,24-25H,3-4,7,9,11H2,(H,28,29). The summed E-state index contributed by atoms with van der Waals surface area (Å²) in [6, 6.07) is 8.71. The van der Waals surface area contributed by atoms with Crippen LogP contribution in [-0.4, -0.2) is 60.3 Å². The molecule has 10 heteroatoms. The average Bonchev–Trinajstić information content (AvgIpc) is 3.26. The second kappa shape index (κ2) is 9.24. The lowest BCUT2D eigenvalue weighted by atomic mass is 9.86. The number of rotatable bonds is 6. The average molecular weight is 461 g/mol. The number of carboxylic acids is 1. The third-order valence-corrected chi connectivity index (χ3v) is 6.76. The molecular formula is C21H21ClN4O4S. The maximum absolute atomic E-state index is 12.9. The minimum atomic E-state index is -0.988. The second-order valence-corrected chi connectivity index (χ2v) is 8.84. The van der Waals surface area contributed by atoms with E-state index < -0.39 is 5.97 Å². The summed E-state index contributed by atoms with van der Waals surface area (Å²) in [6.45, 7) is 1.71. The number of halogens is 1. The number of nitriles is 1. The molecule has 3 heterocycles. The van der Waals surface area contributed by atoms with Gasteiger partial charge in [0.25, 0.3) is 0 Å². The van der Waals surface area contributed by atoms with Gasteiger partial charge in [-0.05, 0) is 30.7 Å². The number of fused-ring (bicyclic) bond motifs is 1. The number of piperidine rings is 1. The Morgan fingerprint density at radius 1 is 1.39 bits per heavy atom. The first kappa shape index (κ1) is 21.6. The Balaban J connectivity index is 1.41. The Morgan fingerprint density at radius 2 is 2.23 bits per heavy atom. The van der Waals surface area contributed by atoms with Gasteiger partial charge in [-0.2, -0.15) is 5.26 Å². The van der Waals surface area contributed by atoms with Gasteiger partial charge >= 0.3 is 5.97 Å². The highest BCUT2D eigenvalue weighted by Crippen LogP contribution is 2.36. The lowest BCUT2D eigenvalue weighted by Gasteiger charge is -2.42. The Morgan fingerprint density at radius 3 is 2.97 bits per heavy atom. The lowest BCUT2D eigenvalue weighted by Crippen LogP contribution is -2.64. The summed E-state index contributed by atoms with van der Waals surface area (Å²) >= 11 is 7.45. The number of thiophene rings is 1. The molecule has 3 N–H and O–H groups in total. The van der Waals surface area contributed by atoms with Crippen molar-refractivity contribution in [2.75, 3.05) is 26.4 Å². The first-order valence-electron chi connectivity index (χ1n) is 9.86. The molecule has 1 aromatic carbocycles. The molecule has 0 radical (unpaired) electrons. The van der Waals surface area contributed by atoms with Crippen molar-refractivity contribution in [2.24, 2.45) is 5.92 Å². The zero-order valence-electron chi connectivity index (χ0n) is 16.5. The largest absolute Gasteiger partial charge is 0.491 e. The van der Waals surface area contributed by atoms with Crippen molar-refractivity contribution in [3.63, 3.8) is 0 Å². The predicted molar refractivity (Wildman–Crippen MR) is 116 cm³/mol. The van der Waals surface area contributed by atoms with Gasteiger partial charge in [-0.1, -0.05) is 11.6 Å². The highest BCUT2D eigenvalue weighted by molar-refractivity contribution is 7.13. The van der Waals surface area contributed by atoms with Gasteiger partial charge in [0.2, 0.25) is 5.91 Å². The monoisotopic (exact) mass is 460 g/mol. The second-order valence-electron chi connectivity index (χ2n) is 7.50. The van der Waals surface area contributed by atoms with E-state index in [0.717, 1.165) is 4.88 Å². The van der Waals surface area contributed by atoms with Gasteiger partial charge in [-0.3, -0.25) is 10.1 Å². The number of carboxylic acid groups (broad SMARTS) is 1. The fourth-order valence-electron chi connectivity index (χ4n) is 3.90. The van der Waals surface area contributed by atoms with Crippen LogP contribution in [-0.2, 0) is 4.79 Å². The van der Waals surface area contributed by atoms with E-state index >= 15 is 0 Å². The van der Waals surface area contributed by atoms with Crippen LogP contribution in [0.2, 0.25) is 5.02 Å². The Bertz CT molecular complexity index is 1040. The lowest BCUT2D eigenvalue weighted by molar-refractivity contribution is -0.142. The summed E-state index contributed by atoms with van der Waals surface area (Å²) in [7, 11) is 0. The van der Waals surface area contributed by atoms with Crippen molar-refractivity contribution in [3.8, 4) is 22.3 Å². The van der Waals surface area contributed by atoms with Gasteiger partial charge in [0.15, 0.2) is 0 Å². The van der Waals surface area contributed by atoms with Crippen molar-refractivity contribution < 1.29 is 19.4 Å². The maximum Gasteiger partial charge on any atom is 0.336 e. The van der Waals surface area contributed by atoms with E-state index in [9.17, 15) is 14.7 Å². The van der Waals surface area contributed by atoms with Gasteiger partial charge in [0, 0.05) is 33.4 Å². The minimum Gasteiger partial charge on any atom is -0.491 e. The Kier molecular flexibility index (Phi) is 6.43. The van der Waals surface area contributed by atoms with Crippen molar-refractivity contribution >= 4 is 34.8 Å². The summed E-state index contributed by atoms with van der Waals surface area (Å²) in [6.07, 6.45) is 0.496. The third kappa shape index (κ3) is 4.67. The molecule has 0 bridgehead atoms.